The fraction of sp³-hybridized carbons (Fsp3) is 0.833. The minimum atomic E-state index is 0. The number of rotatable bonds is 5. The van der Waals surface area contributed by atoms with E-state index in [4.69, 9.17) is 4.74 Å². The first-order valence-electron chi connectivity index (χ1n) is 2.84. The fourth-order valence-electron chi connectivity index (χ4n) is 0.360. The van der Waals surface area contributed by atoms with Crippen molar-refractivity contribution in [2.24, 2.45) is 0 Å². The summed E-state index contributed by atoms with van der Waals surface area (Å²) in [6, 6.07) is 0. The van der Waals surface area contributed by atoms with Crippen LogP contribution in [0.1, 0.15) is 19.8 Å². The number of carbonyl (C=O) groups excluding carboxylic acids is 1. The van der Waals surface area contributed by atoms with Gasteiger partial charge in [-0.3, -0.25) is 4.79 Å². The van der Waals surface area contributed by atoms with Crippen molar-refractivity contribution < 1.29 is 35.7 Å². The molecule has 0 atom stereocenters. The van der Waals surface area contributed by atoms with Crippen LogP contribution in [0, 0.1) is 0 Å². The van der Waals surface area contributed by atoms with Crippen LogP contribution in [0.3, 0.4) is 0 Å². The Morgan fingerprint density at radius 2 is 2.22 bits per heavy atom. The molecule has 0 saturated carbocycles. The van der Waals surface area contributed by atoms with Crippen LogP contribution < -0.4 is 0 Å². The Balaban J connectivity index is 0. The van der Waals surface area contributed by atoms with E-state index in [1.807, 2.05) is 0 Å². The molecule has 2 nitrogen and oxygen atoms in total. The molecule has 0 aromatic rings. The van der Waals surface area contributed by atoms with Crippen molar-refractivity contribution in [2.75, 3.05) is 13.2 Å². The molecule has 0 heterocycles. The van der Waals surface area contributed by atoms with Crippen LogP contribution in [0.15, 0.2) is 0 Å². The molecule has 0 unspecified atom stereocenters. The molecule has 0 spiro atoms. The predicted octanol–water partition coefficient (Wildman–Crippen LogP) is 0.910. The molecular weight excluding hydrogens is 195 g/mol. The summed E-state index contributed by atoms with van der Waals surface area (Å²) in [5, 5.41) is 0. The first-order chi connectivity index (χ1) is 3.91. The van der Waals surface area contributed by atoms with E-state index in [1.165, 1.54) is 0 Å². The van der Waals surface area contributed by atoms with E-state index >= 15 is 0 Å². The molecule has 0 aliphatic rings. The van der Waals surface area contributed by atoms with E-state index in [0.29, 0.717) is 6.61 Å². The summed E-state index contributed by atoms with van der Waals surface area (Å²) in [5.41, 5.74) is 0. The van der Waals surface area contributed by atoms with E-state index in [0.717, 1.165) is 12.8 Å². The van der Waals surface area contributed by atoms with Crippen LogP contribution in [0.25, 0.3) is 0 Å². The Morgan fingerprint density at radius 1 is 1.56 bits per heavy atom. The predicted molar refractivity (Wildman–Crippen MR) is 31.4 cm³/mol. The molecule has 0 rings (SSSR count). The first-order valence-corrected chi connectivity index (χ1v) is 2.84. The van der Waals surface area contributed by atoms with E-state index < -0.39 is 0 Å². The monoisotopic (exact) mass is 205 g/mol. The molecule has 0 amide bonds. The SMILES string of the molecule is CCCCOC[C]=O.[Zr]. The van der Waals surface area contributed by atoms with Gasteiger partial charge in [-0.15, -0.1) is 0 Å². The van der Waals surface area contributed by atoms with Gasteiger partial charge in [0.05, 0.1) is 0 Å². The van der Waals surface area contributed by atoms with Crippen LogP contribution in [-0.4, -0.2) is 19.5 Å². The van der Waals surface area contributed by atoms with Gasteiger partial charge < -0.3 is 4.74 Å². The van der Waals surface area contributed by atoms with Crippen molar-refractivity contribution in [3.05, 3.63) is 0 Å². The van der Waals surface area contributed by atoms with Gasteiger partial charge in [0.15, 0.2) is 0 Å². The zero-order valence-electron chi connectivity index (χ0n) is 5.64. The average Bonchev–Trinajstić information content (AvgIpc) is 1.81. The van der Waals surface area contributed by atoms with E-state index in [1.54, 1.807) is 6.29 Å². The molecule has 0 fully saturated rings. The van der Waals surface area contributed by atoms with E-state index in [9.17, 15) is 4.79 Å². The van der Waals surface area contributed by atoms with Gasteiger partial charge in [-0.05, 0) is 6.42 Å². The van der Waals surface area contributed by atoms with Gasteiger partial charge in [-0.25, -0.2) is 0 Å². The number of hydrogen-bond donors (Lipinski definition) is 0. The van der Waals surface area contributed by atoms with Crippen molar-refractivity contribution in [1.29, 1.82) is 0 Å². The van der Waals surface area contributed by atoms with Gasteiger partial charge >= 0.3 is 0 Å². The molecule has 0 aromatic carbocycles. The molecule has 51 valence electrons. The molecule has 0 N–H and O–H groups in total. The summed E-state index contributed by atoms with van der Waals surface area (Å²) in [7, 11) is 0. The first kappa shape index (κ1) is 12.2. The van der Waals surface area contributed by atoms with Crippen molar-refractivity contribution in [3.63, 3.8) is 0 Å². The topological polar surface area (TPSA) is 26.3 Å². The Bertz CT molecular complexity index is 57.0. The standard InChI is InChI=1S/C6H11O2.Zr/c1-2-3-5-8-6-4-7;/h2-3,5-6H2,1H3;. The van der Waals surface area contributed by atoms with Gasteiger partial charge in [-0.1, -0.05) is 13.3 Å². The Morgan fingerprint density at radius 3 is 2.67 bits per heavy atom. The van der Waals surface area contributed by atoms with Crippen LogP contribution >= 0.6 is 0 Å². The fourth-order valence-corrected chi connectivity index (χ4v) is 0.360. The van der Waals surface area contributed by atoms with Crippen LogP contribution in [-0.2, 0) is 35.7 Å². The van der Waals surface area contributed by atoms with Crippen molar-refractivity contribution in [1.82, 2.24) is 0 Å². The Hall–Kier alpha value is 0.513. The maximum Gasteiger partial charge on any atom is 0.226 e. The summed E-state index contributed by atoms with van der Waals surface area (Å²) in [6.45, 7) is 2.89. The largest absolute Gasteiger partial charge is 0.373 e. The third-order valence-electron chi connectivity index (χ3n) is 0.803. The second-order valence-electron chi connectivity index (χ2n) is 1.55. The summed E-state index contributed by atoms with van der Waals surface area (Å²) in [6.07, 6.45) is 3.79. The number of unbranched alkanes of at least 4 members (excludes halogenated alkanes) is 1. The molecule has 0 aromatic heterocycles. The maximum absolute atomic E-state index is 9.52. The van der Waals surface area contributed by atoms with E-state index in [-0.39, 0.29) is 32.8 Å². The third-order valence-corrected chi connectivity index (χ3v) is 0.803. The van der Waals surface area contributed by atoms with Crippen molar-refractivity contribution >= 4 is 6.29 Å². The normalized spacial score (nSPS) is 8.11. The second-order valence-corrected chi connectivity index (χ2v) is 1.55. The number of hydrogen-bond acceptors (Lipinski definition) is 2. The van der Waals surface area contributed by atoms with Gasteiger partial charge in [0.25, 0.3) is 0 Å². The average molecular weight is 206 g/mol. The van der Waals surface area contributed by atoms with E-state index in [2.05, 4.69) is 6.92 Å². The summed E-state index contributed by atoms with van der Waals surface area (Å²) >= 11 is 0. The zero-order valence-corrected chi connectivity index (χ0v) is 8.10. The van der Waals surface area contributed by atoms with Gasteiger partial charge in [-0.2, -0.15) is 0 Å². The van der Waals surface area contributed by atoms with Gasteiger partial charge in [0, 0.05) is 32.8 Å². The maximum atomic E-state index is 9.52. The Kier molecular flexibility index (Phi) is 15.4. The number of ether oxygens (including phenoxy) is 1. The zero-order chi connectivity index (χ0) is 6.24. The van der Waals surface area contributed by atoms with Crippen molar-refractivity contribution in [2.45, 2.75) is 19.8 Å². The Labute approximate surface area is 75.1 Å². The molecule has 9 heavy (non-hydrogen) atoms. The quantitative estimate of drug-likeness (QED) is 0.625. The molecule has 3 heteroatoms. The van der Waals surface area contributed by atoms with Gasteiger partial charge in [0.2, 0.25) is 6.29 Å². The minimum absolute atomic E-state index is 0. The smallest absolute Gasteiger partial charge is 0.226 e. The van der Waals surface area contributed by atoms with Gasteiger partial charge in [0.1, 0.15) is 6.61 Å². The van der Waals surface area contributed by atoms with Crippen LogP contribution in [0.5, 0.6) is 0 Å². The second kappa shape index (κ2) is 11.3. The molecule has 1 radical (unpaired) electrons. The molecule has 0 aliphatic heterocycles. The molecule has 0 bridgehead atoms. The summed E-state index contributed by atoms with van der Waals surface area (Å²) in [4.78, 5) is 9.52. The minimum Gasteiger partial charge on any atom is -0.373 e. The summed E-state index contributed by atoms with van der Waals surface area (Å²) < 4.78 is 4.80. The molecule has 0 saturated heterocycles. The summed E-state index contributed by atoms with van der Waals surface area (Å²) in [5.74, 6) is 0. The van der Waals surface area contributed by atoms with Crippen LogP contribution in [0.2, 0.25) is 0 Å². The van der Waals surface area contributed by atoms with Crippen molar-refractivity contribution in [3.8, 4) is 0 Å². The molecule has 0 aliphatic carbocycles. The molecular formula is C6H11O2Zr. The third kappa shape index (κ3) is 11.9. The van der Waals surface area contributed by atoms with Crippen LogP contribution in [0.4, 0.5) is 0 Å².